The van der Waals surface area contributed by atoms with Gasteiger partial charge in [0.2, 0.25) is 0 Å². The molecule has 14 heteroatoms. The van der Waals surface area contributed by atoms with Crippen LogP contribution in [0.15, 0.2) is 80.2 Å². The lowest BCUT2D eigenvalue weighted by Crippen LogP contribution is -2.46. The van der Waals surface area contributed by atoms with Gasteiger partial charge >= 0.3 is 5.69 Å². The van der Waals surface area contributed by atoms with Crippen molar-refractivity contribution in [3.05, 3.63) is 92.8 Å². The van der Waals surface area contributed by atoms with Crippen LogP contribution in [0.25, 0.3) is 0 Å². The molecule has 1 fully saturated rings. The van der Waals surface area contributed by atoms with Crippen molar-refractivity contribution in [2.45, 2.75) is 54.7 Å². The summed E-state index contributed by atoms with van der Waals surface area (Å²) in [5.41, 5.74) is -2.90. The van der Waals surface area contributed by atoms with Gasteiger partial charge in [-0.2, -0.15) is 16.8 Å². The molecule has 11 nitrogen and oxygen atoms in total. The van der Waals surface area contributed by atoms with E-state index >= 15 is 4.39 Å². The Morgan fingerprint density at radius 1 is 0.921 bits per heavy atom. The second-order valence-corrected chi connectivity index (χ2v) is 12.2. The molecule has 0 spiro atoms. The van der Waals surface area contributed by atoms with E-state index in [4.69, 9.17) is 13.1 Å². The number of rotatable bonds is 8. The molecule has 204 valence electrons. The Morgan fingerprint density at radius 3 is 1.97 bits per heavy atom. The molecule has 1 aromatic heterocycles. The number of benzene rings is 2. The third kappa shape index (κ3) is 5.63. The zero-order valence-corrected chi connectivity index (χ0v) is 22.2. The fourth-order valence-corrected chi connectivity index (χ4v) is 6.02. The summed E-state index contributed by atoms with van der Waals surface area (Å²) in [7, 11) is -8.91. The molecular weight excluding hydrogens is 543 g/mol. The molecule has 2 aromatic carbocycles. The number of alkyl halides is 1. The van der Waals surface area contributed by atoms with Crippen LogP contribution >= 0.6 is 0 Å². The molecule has 38 heavy (non-hydrogen) atoms. The third-order valence-electron chi connectivity index (χ3n) is 6.02. The highest BCUT2D eigenvalue weighted by Crippen LogP contribution is 2.44. The van der Waals surface area contributed by atoms with E-state index in [2.05, 4.69) is 0 Å². The van der Waals surface area contributed by atoms with Crippen LogP contribution in [0.2, 0.25) is 0 Å². The van der Waals surface area contributed by atoms with E-state index in [0.29, 0.717) is 4.57 Å². The Bertz CT molecular complexity index is 1650. The molecule has 0 bridgehead atoms. The van der Waals surface area contributed by atoms with Crippen LogP contribution in [0.1, 0.15) is 24.3 Å². The summed E-state index contributed by atoms with van der Waals surface area (Å²) in [5.74, 6) is 0. The fourth-order valence-electron chi connectivity index (χ4n) is 3.93. The normalized spacial score (nSPS) is 23.9. The van der Waals surface area contributed by atoms with E-state index in [1.165, 1.54) is 36.4 Å². The van der Waals surface area contributed by atoms with Crippen molar-refractivity contribution in [1.29, 1.82) is 0 Å². The first-order valence-electron chi connectivity index (χ1n) is 11.3. The first-order valence-corrected chi connectivity index (χ1v) is 14.1. The molecule has 4 rings (SSSR count). The molecule has 1 saturated heterocycles. The number of H-pyrrole nitrogens is 1. The third-order valence-corrected chi connectivity index (χ3v) is 8.63. The molecule has 1 unspecified atom stereocenters. The summed E-state index contributed by atoms with van der Waals surface area (Å²) in [6.07, 6.45) is -4.36. The van der Waals surface area contributed by atoms with Crippen LogP contribution in [0.3, 0.4) is 0 Å². The van der Waals surface area contributed by atoms with Crippen LogP contribution in [0, 0.1) is 13.8 Å². The minimum Gasteiger partial charge on any atom is -0.346 e. The van der Waals surface area contributed by atoms with E-state index in [1.54, 1.807) is 26.0 Å². The number of nitrogens with zero attached hydrogens (tertiary/aromatic N) is 1. The van der Waals surface area contributed by atoms with E-state index in [9.17, 15) is 26.4 Å². The van der Waals surface area contributed by atoms with Gasteiger partial charge in [-0.1, -0.05) is 35.4 Å². The van der Waals surface area contributed by atoms with Gasteiger partial charge in [0.05, 0.1) is 16.4 Å². The Hall–Kier alpha value is -3.17. The standard InChI is InChI=1S/C24H25FN2O9S2/c1-15-4-8-17(9-5-15)37(30,31)34-14-19-21(36-38(32,33)18-10-6-16(2)7-11-18)24(3,25)22(35-19)27-13-12-20(28)26-23(27)29/h4-13,19,21-22H,14H2,1-3H3,(H,26,28,29)/t19?,21-,22-,24-/m1/s1. The average molecular weight is 569 g/mol. The number of aromatic amines is 1. The molecule has 4 atom stereocenters. The highest BCUT2D eigenvalue weighted by molar-refractivity contribution is 7.87. The van der Waals surface area contributed by atoms with Crippen molar-refractivity contribution < 1.29 is 34.3 Å². The van der Waals surface area contributed by atoms with Crippen LogP contribution in [-0.2, 0) is 33.3 Å². The monoisotopic (exact) mass is 568 g/mol. The van der Waals surface area contributed by atoms with Crippen molar-refractivity contribution in [2.75, 3.05) is 6.61 Å². The molecule has 3 aromatic rings. The zero-order valence-electron chi connectivity index (χ0n) is 20.5. The highest BCUT2D eigenvalue weighted by atomic mass is 32.2. The second-order valence-electron chi connectivity index (χ2n) is 9.03. The van der Waals surface area contributed by atoms with E-state index < -0.39 is 62.2 Å². The average Bonchev–Trinajstić information content (AvgIpc) is 3.07. The number of nitrogens with one attached hydrogen (secondary N) is 1. The number of ether oxygens (including phenoxy) is 1. The maximum atomic E-state index is 16.3. The second kappa shape index (κ2) is 10.2. The summed E-state index contributed by atoms with van der Waals surface area (Å²) < 4.78 is 84.5. The zero-order chi connectivity index (χ0) is 27.9. The SMILES string of the molecule is Cc1ccc(S(=O)(=O)OCC2O[C@@H](n3ccc(=O)[nH]c3=O)[C@](C)(F)[C@@H]2OS(=O)(=O)c2ccc(C)cc2)cc1. The fraction of sp³-hybridized carbons (Fsp3) is 0.333. The van der Waals surface area contributed by atoms with Gasteiger partial charge in [-0.25, -0.2) is 9.18 Å². The lowest BCUT2D eigenvalue weighted by atomic mass is 9.98. The van der Waals surface area contributed by atoms with Gasteiger partial charge in [0.15, 0.2) is 11.9 Å². The number of aryl methyl sites for hydroxylation is 2. The van der Waals surface area contributed by atoms with E-state index in [-0.39, 0.29) is 9.79 Å². The molecule has 1 N–H and O–H groups in total. The smallest absolute Gasteiger partial charge is 0.330 e. The topological polar surface area (TPSA) is 151 Å². The van der Waals surface area contributed by atoms with Crippen LogP contribution < -0.4 is 11.2 Å². The lowest BCUT2D eigenvalue weighted by Gasteiger charge is -2.27. The first kappa shape index (κ1) is 27.9. The molecule has 1 aliphatic heterocycles. The maximum Gasteiger partial charge on any atom is 0.330 e. The van der Waals surface area contributed by atoms with E-state index in [0.717, 1.165) is 30.3 Å². The minimum absolute atomic E-state index is 0.178. The van der Waals surface area contributed by atoms with Crippen LogP contribution in [-0.4, -0.2) is 50.9 Å². The highest BCUT2D eigenvalue weighted by Gasteiger charge is 2.58. The van der Waals surface area contributed by atoms with Gasteiger partial charge < -0.3 is 4.74 Å². The predicted molar refractivity (Wildman–Crippen MR) is 132 cm³/mol. The summed E-state index contributed by atoms with van der Waals surface area (Å²) in [5, 5.41) is 0. The Labute approximate surface area is 218 Å². The Balaban J connectivity index is 1.69. The molecule has 0 amide bonds. The summed E-state index contributed by atoms with van der Waals surface area (Å²) in [6.45, 7) is 3.62. The van der Waals surface area contributed by atoms with Gasteiger partial charge in [-0.3, -0.25) is 22.7 Å². The lowest BCUT2D eigenvalue weighted by molar-refractivity contribution is -0.0581. The quantitative estimate of drug-likeness (QED) is 0.402. The van der Waals surface area contributed by atoms with Gasteiger partial charge in [-0.05, 0) is 45.0 Å². The van der Waals surface area contributed by atoms with E-state index in [1.807, 2.05) is 4.98 Å². The number of aromatic nitrogens is 2. The largest absolute Gasteiger partial charge is 0.346 e. The Kier molecular flexibility index (Phi) is 7.47. The minimum atomic E-state index is -4.57. The van der Waals surface area contributed by atoms with Gasteiger partial charge in [-0.15, -0.1) is 0 Å². The number of hydrogen-bond acceptors (Lipinski definition) is 9. The van der Waals surface area contributed by atoms with Gasteiger partial charge in [0, 0.05) is 12.3 Å². The number of halogens is 1. The van der Waals surface area contributed by atoms with Gasteiger partial charge in [0.25, 0.3) is 25.8 Å². The van der Waals surface area contributed by atoms with Crippen LogP contribution in [0.5, 0.6) is 0 Å². The molecule has 1 aliphatic rings. The maximum absolute atomic E-state index is 16.3. The first-order chi connectivity index (χ1) is 17.7. The van der Waals surface area contributed by atoms with Crippen molar-refractivity contribution in [2.24, 2.45) is 0 Å². The number of hydrogen-bond donors (Lipinski definition) is 1. The molecule has 0 radical (unpaired) electrons. The van der Waals surface area contributed by atoms with Gasteiger partial charge in [0.1, 0.15) is 12.2 Å². The molecular formula is C24H25FN2O9S2. The van der Waals surface area contributed by atoms with Crippen molar-refractivity contribution >= 4 is 20.2 Å². The predicted octanol–water partition coefficient (Wildman–Crippen LogP) is 1.96. The molecule has 0 saturated carbocycles. The van der Waals surface area contributed by atoms with Crippen molar-refractivity contribution in [3.8, 4) is 0 Å². The molecule has 2 heterocycles. The van der Waals surface area contributed by atoms with Crippen molar-refractivity contribution in [1.82, 2.24) is 9.55 Å². The summed E-state index contributed by atoms with van der Waals surface area (Å²) >= 11 is 0. The Morgan fingerprint density at radius 2 is 1.45 bits per heavy atom. The summed E-state index contributed by atoms with van der Waals surface area (Å²) in [4.78, 5) is 25.4. The van der Waals surface area contributed by atoms with Crippen molar-refractivity contribution in [3.63, 3.8) is 0 Å². The summed E-state index contributed by atoms with van der Waals surface area (Å²) in [6, 6.07) is 12.3. The molecule has 0 aliphatic carbocycles. The van der Waals surface area contributed by atoms with Crippen LogP contribution in [0.4, 0.5) is 4.39 Å².